The molecule has 67 heavy (non-hydrogen) atoms. The lowest BCUT2D eigenvalue weighted by molar-refractivity contribution is 0.302. The minimum atomic E-state index is 0.757. The second kappa shape index (κ2) is 41.2. The van der Waals surface area contributed by atoms with E-state index in [1.165, 1.54) is 217 Å². The lowest BCUT2D eigenvalue weighted by atomic mass is 10.0. The second-order valence-corrected chi connectivity index (χ2v) is 19.3. The largest absolute Gasteiger partial charge is 0.490 e. The van der Waals surface area contributed by atoms with Crippen LogP contribution in [-0.2, 0) is 12.8 Å². The highest BCUT2D eigenvalue weighted by Crippen LogP contribution is 2.21. The van der Waals surface area contributed by atoms with Crippen molar-refractivity contribution in [2.45, 2.75) is 252 Å². The molecule has 0 aliphatic carbocycles. The number of hydrogen-bond acceptors (Lipinski definition) is 6. The zero-order valence-electron chi connectivity index (χ0n) is 43.7. The fourth-order valence-electron chi connectivity index (χ4n) is 8.68. The van der Waals surface area contributed by atoms with E-state index in [1.807, 2.05) is 24.8 Å². The Morgan fingerprint density at radius 3 is 0.791 bits per heavy atom. The molecular formula is C61H98N4O2. The molecule has 0 amide bonds. The predicted octanol–water partition coefficient (Wildman–Crippen LogP) is 19.1. The normalized spacial score (nSPS) is 11.1. The Kier molecular flexibility index (Phi) is 35.4. The topological polar surface area (TPSA) is 70.0 Å². The maximum Gasteiger partial charge on any atom is 0.159 e. The van der Waals surface area contributed by atoms with Crippen LogP contribution in [0.3, 0.4) is 0 Å². The van der Waals surface area contributed by atoms with Crippen LogP contribution in [0, 0.1) is 0 Å². The molecular weight excluding hydrogens is 821 g/mol. The summed E-state index contributed by atoms with van der Waals surface area (Å²) in [6, 6.07) is 17.5. The van der Waals surface area contributed by atoms with E-state index in [0.29, 0.717) is 0 Å². The molecule has 4 rings (SSSR count). The minimum Gasteiger partial charge on any atom is -0.490 e. The first-order chi connectivity index (χ1) is 33.2. The Morgan fingerprint density at radius 2 is 0.522 bits per heavy atom. The molecule has 0 aliphatic rings. The van der Waals surface area contributed by atoms with Gasteiger partial charge in [-0.2, -0.15) is 0 Å². The zero-order valence-corrected chi connectivity index (χ0v) is 43.7. The van der Waals surface area contributed by atoms with Crippen molar-refractivity contribution >= 4 is 0 Å². The van der Waals surface area contributed by atoms with Gasteiger partial charge in [-0.25, -0.2) is 19.9 Å². The smallest absolute Gasteiger partial charge is 0.159 e. The van der Waals surface area contributed by atoms with Crippen molar-refractivity contribution in [1.29, 1.82) is 0 Å². The van der Waals surface area contributed by atoms with Crippen LogP contribution in [0.15, 0.2) is 73.3 Å². The summed E-state index contributed by atoms with van der Waals surface area (Å²) in [7, 11) is 0. The Morgan fingerprint density at radius 1 is 0.284 bits per heavy atom. The van der Waals surface area contributed by atoms with Crippen LogP contribution in [0.5, 0.6) is 11.5 Å². The van der Waals surface area contributed by atoms with Gasteiger partial charge in [0.25, 0.3) is 0 Å². The van der Waals surface area contributed by atoms with Crippen molar-refractivity contribution < 1.29 is 9.47 Å². The molecule has 0 radical (unpaired) electrons. The third-order valence-corrected chi connectivity index (χ3v) is 13.1. The van der Waals surface area contributed by atoms with Gasteiger partial charge >= 0.3 is 0 Å². The number of rotatable bonds is 41. The highest BCUT2D eigenvalue weighted by Gasteiger charge is 2.06. The molecule has 0 bridgehead atoms. The summed E-state index contributed by atoms with van der Waals surface area (Å²) in [5.41, 5.74) is 4.96. The Hall–Kier alpha value is -3.80. The third-order valence-electron chi connectivity index (χ3n) is 13.1. The van der Waals surface area contributed by atoms with Crippen LogP contribution in [0.1, 0.15) is 251 Å². The first-order valence-electron chi connectivity index (χ1n) is 28.2. The summed E-state index contributed by atoms with van der Waals surface area (Å²) in [5, 5.41) is 0. The Balaban J connectivity index is 0.000000355. The quantitative estimate of drug-likeness (QED) is 0.0413. The molecule has 0 saturated heterocycles. The van der Waals surface area contributed by atoms with E-state index in [4.69, 9.17) is 9.47 Å². The van der Waals surface area contributed by atoms with Crippen molar-refractivity contribution in [3.8, 4) is 34.3 Å². The van der Waals surface area contributed by atoms with E-state index in [-0.39, 0.29) is 0 Å². The second-order valence-electron chi connectivity index (χ2n) is 19.3. The van der Waals surface area contributed by atoms with Gasteiger partial charge in [-0.3, -0.25) is 0 Å². The van der Waals surface area contributed by atoms with Crippen LogP contribution < -0.4 is 9.47 Å². The van der Waals surface area contributed by atoms with Crippen LogP contribution in [0.25, 0.3) is 22.8 Å². The molecule has 6 nitrogen and oxygen atoms in total. The molecule has 374 valence electrons. The highest BCUT2D eigenvalue weighted by molar-refractivity contribution is 5.56. The van der Waals surface area contributed by atoms with Gasteiger partial charge in [0.15, 0.2) is 23.1 Å². The molecule has 0 saturated carbocycles. The molecule has 0 aliphatic heterocycles. The van der Waals surface area contributed by atoms with E-state index in [1.54, 1.807) is 0 Å². The van der Waals surface area contributed by atoms with Crippen LogP contribution >= 0.6 is 0 Å². The average Bonchev–Trinajstić information content (AvgIpc) is 3.36. The number of hydrogen-bond donors (Lipinski definition) is 0. The van der Waals surface area contributed by atoms with Gasteiger partial charge in [0.1, 0.15) is 0 Å². The van der Waals surface area contributed by atoms with Gasteiger partial charge in [0.2, 0.25) is 0 Å². The van der Waals surface area contributed by atoms with Gasteiger partial charge in [0.05, 0.1) is 38.0 Å². The molecule has 2 aromatic carbocycles. The monoisotopic (exact) mass is 919 g/mol. The number of nitrogens with zero attached hydrogens (tertiary/aromatic N) is 4. The standard InChI is InChI=1S/C31H50N2O.C30H48N2O/c1-3-5-7-9-11-12-13-14-15-17-19-25-34-30-26-32-31(33-27-30)29-23-21-28(22-24-29)20-18-16-10-8-6-4-2;1-3-5-7-9-10-11-12-13-14-16-18-24-33-29-25-31-30(32-26-29)28-22-20-27(21-23-28)19-17-15-8-6-4-2/h21-24,26-27H,3-20,25H2,1-2H3;20-23,25-26H,3-19,24H2,1-2H3. The first kappa shape index (κ1) is 57.5. The van der Waals surface area contributed by atoms with Crippen molar-refractivity contribution in [3.63, 3.8) is 0 Å². The van der Waals surface area contributed by atoms with Crippen LogP contribution in [0.2, 0.25) is 0 Å². The van der Waals surface area contributed by atoms with Gasteiger partial charge in [-0.15, -0.1) is 0 Å². The first-order valence-corrected chi connectivity index (χ1v) is 28.2. The van der Waals surface area contributed by atoms with Gasteiger partial charge < -0.3 is 9.47 Å². The summed E-state index contributed by atoms with van der Waals surface area (Å²) in [6.45, 7) is 10.6. The molecule has 6 heteroatoms. The molecule has 0 spiro atoms. The predicted molar refractivity (Wildman–Crippen MR) is 288 cm³/mol. The number of unbranched alkanes of at least 4 members (excludes halogenated alkanes) is 29. The van der Waals surface area contributed by atoms with Crippen molar-refractivity contribution in [2.24, 2.45) is 0 Å². The number of benzene rings is 2. The number of aromatic nitrogens is 4. The van der Waals surface area contributed by atoms with Crippen molar-refractivity contribution in [3.05, 3.63) is 84.4 Å². The molecule has 0 fully saturated rings. The van der Waals surface area contributed by atoms with Gasteiger partial charge in [-0.1, -0.05) is 262 Å². The van der Waals surface area contributed by atoms with E-state index < -0.39 is 0 Å². The molecule has 0 unspecified atom stereocenters. The highest BCUT2D eigenvalue weighted by atomic mass is 16.5. The van der Waals surface area contributed by atoms with Gasteiger partial charge in [-0.05, 0) is 49.7 Å². The van der Waals surface area contributed by atoms with Crippen molar-refractivity contribution in [1.82, 2.24) is 19.9 Å². The average molecular weight is 919 g/mol. The Bertz CT molecular complexity index is 1660. The lowest BCUT2D eigenvalue weighted by Crippen LogP contribution is -1.99. The molecule has 2 aromatic heterocycles. The number of ether oxygens (including phenoxy) is 2. The molecule has 4 aromatic rings. The summed E-state index contributed by atoms with van der Waals surface area (Å²) in [5.74, 6) is 3.09. The molecule has 0 N–H and O–H groups in total. The fraction of sp³-hybridized carbons (Fsp3) is 0.672. The van der Waals surface area contributed by atoms with E-state index >= 15 is 0 Å². The van der Waals surface area contributed by atoms with E-state index in [2.05, 4.69) is 96.2 Å². The number of aryl methyl sites for hydroxylation is 2. The molecule has 0 atom stereocenters. The molecule has 2 heterocycles. The summed E-state index contributed by atoms with van der Waals surface area (Å²) in [6.07, 6.45) is 54.0. The van der Waals surface area contributed by atoms with Crippen LogP contribution in [-0.4, -0.2) is 33.1 Å². The van der Waals surface area contributed by atoms with E-state index in [9.17, 15) is 0 Å². The third kappa shape index (κ3) is 29.6. The van der Waals surface area contributed by atoms with E-state index in [0.717, 1.165) is 66.8 Å². The van der Waals surface area contributed by atoms with Crippen LogP contribution in [0.4, 0.5) is 0 Å². The maximum absolute atomic E-state index is 5.85. The SMILES string of the molecule is CCCCCCCCCCCCCOc1cnc(-c2ccc(CCCCCCC)cc2)nc1.CCCCCCCCCCCCCOc1cnc(-c2ccc(CCCCCCCC)cc2)nc1. The summed E-state index contributed by atoms with van der Waals surface area (Å²) in [4.78, 5) is 18.1. The van der Waals surface area contributed by atoms with Gasteiger partial charge in [0, 0.05) is 11.1 Å². The zero-order chi connectivity index (χ0) is 47.5. The lowest BCUT2D eigenvalue weighted by Gasteiger charge is -2.07. The summed E-state index contributed by atoms with van der Waals surface area (Å²) < 4.78 is 11.7. The summed E-state index contributed by atoms with van der Waals surface area (Å²) >= 11 is 0. The minimum absolute atomic E-state index is 0.757. The maximum atomic E-state index is 5.85. The van der Waals surface area contributed by atoms with Crippen molar-refractivity contribution in [2.75, 3.05) is 13.2 Å². The Labute approximate surface area is 412 Å². The fourth-order valence-corrected chi connectivity index (χ4v) is 8.68.